The molecule has 0 amide bonds. The van der Waals surface area contributed by atoms with Gasteiger partial charge >= 0.3 is 11.9 Å². The number of thiol groups is 1. The quantitative estimate of drug-likeness (QED) is 0.470. The Morgan fingerprint density at radius 3 is 1.91 bits per heavy atom. The third-order valence-electron chi connectivity index (χ3n) is 3.98. The molecule has 128 valence electrons. The molecule has 0 saturated heterocycles. The van der Waals surface area contributed by atoms with Crippen molar-refractivity contribution in [1.82, 2.24) is 0 Å². The summed E-state index contributed by atoms with van der Waals surface area (Å²) in [6, 6.07) is 5.68. The van der Waals surface area contributed by atoms with E-state index in [4.69, 9.17) is 9.47 Å². The largest absolute Gasteiger partial charge is 0.465 e. The van der Waals surface area contributed by atoms with Crippen molar-refractivity contribution >= 4 is 24.6 Å². The maximum atomic E-state index is 13.2. The highest BCUT2D eigenvalue weighted by Crippen LogP contribution is 2.40. The van der Waals surface area contributed by atoms with Crippen molar-refractivity contribution in [3.63, 3.8) is 0 Å². The maximum absolute atomic E-state index is 13.2. The Balaban J connectivity index is 3.41. The van der Waals surface area contributed by atoms with Crippen LogP contribution in [0.2, 0.25) is 0 Å². The van der Waals surface area contributed by atoms with Crippen molar-refractivity contribution < 1.29 is 23.5 Å². The number of halogens is 1. The number of ether oxygens (including phenoxy) is 2. The van der Waals surface area contributed by atoms with Crippen LogP contribution in [0.25, 0.3) is 0 Å². The van der Waals surface area contributed by atoms with Crippen LogP contribution in [0.4, 0.5) is 4.39 Å². The summed E-state index contributed by atoms with van der Waals surface area (Å²) in [6.07, 6.45) is 0. The molecule has 23 heavy (non-hydrogen) atoms. The van der Waals surface area contributed by atoms with Gasteiger partial charge < -0.3 is 9.47 Å². The molecule has 2 atom stereocenters. The molecule has 1 rings (SSSR count). The lowest BCUT2D eigenvalue weighted by Gasteiger charge is -2.38. The highest BCUT2D eigenvalue weighted by molar-refractivity contribution is 7.81. The first kappa shape index (κ1) is 19.5. The van der Waals surface area contributed by atoms with Gasteiger partial charge in [0.25, 0.3) is 0 Å². The smallest absolute Gasteiger partial charge is 0.321 e. The van der Waals surface area contributed by atoms with Crippen LogP contribution in [0.1, 0.15) is 33.3 Å². The molecule has 0 radical (unpaired) electrons. The Hall–Kier alpha value is -1.56. The second-order valence-electron chi connectivity index (χ2n) is 5.40. The summed E-state index contributed by atoms with van der Waals surface area (Å²) in [5, 5.41) is -0.383. The van der Waals surface area contributed by atoms with E-state index in [2.05, 4.69) is 12.6 Å². The van der Waals surface area contributed by atoms with Gasteiger partial charge in [-0.05, 0) is 31.5 Å². The Morgan fingerprint density at radius 2 is 1.57 bits per heavy atom. The minimum absolute atomic E-state index is 0.148. The lowest BCUT2D eigenvalue weighted by atomic mass is 9.69. The van der Waals surface area contributed by atoms with Gasteiger partial charge in [0, 0.05) is 10.7 Å². The van der Waals surface area contributed by atoms with Gasteiger partial charge in [-0.25, -0.2) is 4.39 Å². The fourth-order valence-corrected chi connectivity index (χ4v) is 2.79. The summed E-state index contributed by atoms with van der Waals surface area (Å²) in [4.78, 5) is 24.8. The summed E-state index contributed by atoms with van der Waals surface area (Å²) in [7, 11) is 0. The lowest BCUT2D eigenvalue weighted by Crippen LogP contribution is -2.49. The second kappa shape index (κ2) is 8.34. The van der Waals surface area contributed by atoms with E-state index in [9.17, 15) is 14.0 Å². The maximum Gasteiger partial charge on any atom is 0.321 e. The van der Waals surface area contributed by atoms with Crippen LogP contribution in [0.5, 0.6) is 0 Å². The molecule has 0 aliphatic carbocycles. The van der Waals surface area contributed by atoms with Crippen LogP contribution < -0.4 is 0 Å². The van der Waals surface area contributed by atoms with Crippen molar-refractivity contribution in [2.45, 2.75) is 38.4 Å². The molecule has 0 aliphatic rings. The van der Waals surface area contributed by atoms with Crippen molar-refractivity contribution in [1.29, 1.82) is 0 Å². The number of hydrogen-bond acceptors (Lipinski definition) is 5. The van der Waals surface area contributed by atoms with Gasteiger partial charge in [-0.2, -0.15) is 12.6 Å². The van der Waals surface area contributed by atoms with Gasteiger partial charge in [0.2, 0.25) is 0 Å². The molecule has 0 aromatic heterocycles. The zero-order valence-corrected chi connectivity index (χ0v) is 14.7. The first-order chi connectivity index (χ1) is 10.8. The molecule has 0 bridgehead atoms. The third kappa shape index (κ3) is 4.25. The molecule has 1 aromatic rings. The molecule has 0 aliphatic heterocycles. The first-order valence-corrected chi connectivity index (χ1v) is 8.08. The Bertz CT molecular complexity index is 526. The molecule has 6 heteroatoms. The standard InChI is InChI=1S/C17H23FO4S/c1-5-21-15(19)14(16(20)22-6-2)17(4,11(3)23)12-7-9-13(18)10-8-12/h7-11,14,23H,5-6H2,1-4H3. The fourth-order valence-electron chi connectivity index (χ4n) is 2.50. The van der Waals surface area contributed by atoms with Crippen LogP contribution in [0, 0.1) is 11.7 Å². The molecule has 0 spiro atoms. The highest BCUT2D eigenvalue weighted by Gasteiger charge is 2.49. The molecule has 0 saturated carbocycles. The third-order valence-corrected chi connectivity index (χ3v) is 4.51. The Kier molecular flexibility index (Phi) is 7.06. The SMILES string of the molecule is CCOC(=O)C(C(=O)OCC)C(C)(c1ccc(F)cc1)C(C)S. The molecule has 0 N–H and O–H groups in total. The summed E-state index contributed by atoms with van der Waals surface area (Å²) in [5.41, 5.74) is -0.387. The zero-order valence-electron chi connectivity index (χ0n) is 13.8. The number of hydrogen-bond donors (Lipinski definition) is 1. The first-order valence-electron chi connectivity index (χ1n) is 7.56. The van der Waals surface area contributed by atoms with Crippen molar-refractivity contribution in [3.8, 4) is 0 Å². The molecular weight excluding hydrogens is 319 g/mol. The molecule has 1 aromatic carbocycles. The predicted molar refractivity (Wildman–Crippen MR) is 89.0 cm³/mol. The van der Waals surface area contributed by atoms with E-state index in [1.165, 1.54) is 12.1 Å². The summed E-state index contributed by atoms with van der Waals surface area (Å²) in [6.45, 7) is 7.14. The average molecular weight is 342 g/mol. The zero-order chi connectivity index (χ0) is 17.6. The highest BCUT2D eigenvalue weighted by atomic mass is 32.1. The van der Waals surface area contributed by atoms with E-state index in [-0.39, 0.29) is 18.5 Å². The van der Waals surface area contributed by atoms with Crippen molar-refractivity contribution in [3.05, 3.63) is 35.6 Å². The van der Waals surface area contributed by atoms with Crippen LogP contribution >= 0.6 is 12.6 Å². The minimum Gasteiger partial charge on any atom is -0.465 e. The van der Waals surface area contributed by atoms with Crippen LogP contribution in [0.3, 0.4) is 0 Å². The average Bonchev–Trinajstić information content (AvgIpc) is 2.48. The number of carbonyl (C=O) groups excluding carboxylic acids is 2. The fraction of sp³-hybridized carbons (Fsp3) is 0.529. The van der Waals surface area contributed by atoms with Gasteiger partial charge in [-0.15, -0.1) is 0 Å². The van der Waals surface area contributed by atoms with Gasteiger partial charge in [-0.3, -0.25) is 9.59 Å². The van der Waals surface area contributed by atoms with Gasteiger partial charge in [-0.1, -0.05) is 26.0 Å². The topological polar surface area (TPSA) is 52.6 Å². The van der Waals surface area contributed by atoms with E-state index in [1.807, 2.05) is 0 Å². The summed E-state index contributed by atoms with van der Waals surface area (Å²) >= 11 is 4.47. The minimum atomic E-state index is -1.18. The second-order valence-corrected chi connectivity index (χ2v) is 6.18. The normalized spacial score (nSPS) is 14.9. The van der Waals surface area contributed by atoms with Crippen molar-refractivity contribution in [2.24, 2.45) is 5.92 Å². The Labute approximate surface area is 141 Å². The summed E-state index contributed by atoms with van der Waals surface area (Å²) in [5.74, 6) is -2.91. The molecule has 4 nitrogen and oxygen atoms in total. The van der Waals surface area contributed by atoms with E-state index >= 15 is 0 Å². The van der Waals surface area contributed by atoms with Gasteiger partial charge in [0.15, 0.2) is 5.92 Å². The lowest BCUT2D eigenvalue weighted by molar-refractivity contribution is -0.165. The molecule has 0 fully saturated rings. The van der Waals surface area contributed by atoms with Gasteiger partial charge in [0.05, 0.1) is 13.2 Å². The van der Waals surface area contributed by atoms with E-state index in [0.29, 0.717) is 5.56 Å². The molecule has 0 heterocycles. The van der Waals surface area contributed by atoms with Crippen LogP contribution in [-0.2, 0) is 24.5 Å². The van der Waals surface area contributed by atoms with E-state index < -0.39 is 29.1 Å². The van der Waals surface area contributed by atoms with E-state index in [0.717, 1.165) is 0 Å². The number of rotatable bonds is 7. The van der Waals surface area contributed by atoms with E-state index in [1.54, 1.807) is 39.8 Å². The molecular formula is C17H23FO4S. The monoisotopic (exact) mass is 342 g/mol. The number of carbonyl (C=O) groups is 2. The Morgan fingerprint density at radius 1 is 1.13 bits per heavy atom. The number of esters is 2. The van der Waals surface area contributed by atoms with Crippen LogP contribution in [-0.4, -0.2) is 30.4 Å². The van der Waals surface area contributed by atoms with Gasteiger partial charge in [0.1, 0.15) is 5.82 Å². The number of benzene rings is 1. The summed E-state index contributed by atoms with van der Waals surface area (Å²) < 4.78 is 23.4. The molecule has 2 unspecified atom stereocenters. The predicted octanol–water partition coefficient (Wildman–Crippen LogP) is 3.14. The van der Waals surface area contributed by atoms with Crippen LogP contribution in [0.15, 0.2) is 24.3 Å². The van der Waals surface area contributed by atoms with Crippen molar-refractivity contribution in [2.75, 3.05) is 13.2 Å².